The maximum atomic E-state index is 11.1. The number of esters is 1. The van der Waals surface area contributed by atoms with E-state index in [1.807, 2.05) is 30.3 Å². The van der Waals surface area contributed by atoms with E-state index in [9.17, 15) is 4.79 Å². The van der Waals surface area contributed by atoms with Crippen LogP contribution in [0.15, 0.2) is 35.3 Å². The number of benzene rings is 1. The van der Waals surface area contributed by atoms with Gasteiger partial charge in [0.2, 0.25) is 5.90 Å². The first kappa shape index (κ1) is 9.39. The lowest BCUT2D eigenvalue weighted by molar-refractivity contribution is -0.151. The molecule has 2 heterocycles. The highest BCUT2D eigenvalue weighted by Crippen LogP contribution is 2.24. The lowest BCUT2D eigenvalue weighted by Gasteiger charge is -2.21. The predicted octanol–water partition coefficient (Wildman–Crippen LogP) is 1.15. The van der Waals surface area contributed by atoms with Gasteiger partial charge in [0.15, 0.2) is 0 Å². The van der Waals surface area contributed by atoms with Crippen LogP contribution in [0.1, 0.15) is 12.0 Å². The fourth-order valence-electron chi connectivity index (χ4n) is 1.93. The Hall–Kier alpha value is -1.84. The average molecular weight is 217 g/mol. The Morgan fingerprint density at radius 2 is 2.06 bits per heavy atom. The third kappa shape index (κ3) is 1.56. The summed E-state index contributed by atoms with van der Waals surface area (Å²) in [5.74, 6) is 0.416. The van der Waals surface area contributed by atoms with Gasteiger partial charge in [-0.05, 0) is 12.1 Å². The molecule has 0 amide bonds. The first-order valence-corrected chi connectivity index (χ1v) is 5.28. The second-order valence-electron chi connectivity index (χ2n) is 3.91. The second-order valence-corrected chi connectivity index (χ2v) is 3.91. The van der Waals surface area contributed by atoms with E-state index >= 15 is 0 Å². The molecule has 1 saturated heterocycles. The van der Waals surface area contributed by atoms with Crippen LogP contribution in [0.2, 0.25) is 0 Å². The standard InChI is InChI=1S/C12H11NO3/c14-11-6-10-9(7-15-11)13-12(16-10)8-4-2-1-3-5-8/h1-5,9-10H,6-7H2. The molecule has 3 rings (SSSR count). The SMILES string of the molecule is O=C1CC2OC(c3ccccc3)=NC2CO1. The van der Waals surface area contributed by atoms with Gasteiger partial charge < -0.3 is 9.47 Å². The predicted molar refractivity (Wildman–Crippen MR) is 57.2 cm³/mol. The maximum absolute atomic E-state index is 11.1. The number of rotatable bonds is 1. The first-order chi connectivity index (χ1) is 7.83. The molecule has 2 aliphatic heterocycles. The van der Waals surface area contributed by atoms with Crippen LogP contribution in [0.5, 0.6) is 0 Å². The zero-order valence-electron chi connectivity index (χ0n) is 8.63. The summed E-state index contributed by atoms with van der Waals surface area (Å²) in [6.07, 6.45) is 0.154. The smallest absolute Gasteiger partial charge is 0.309 e. The topological polar surface area (TPSA) is 47.9 Å². The Morgan fingerprint density at radius 1 is 1.25 bits per heavy atom. The van der Waals surface area contributed by atoms with Gasteiger partial charge in [0.25, 0.3) is 0 Å². The summed E-state index contributed by atoms with van der Waals surface area (Å²) in [5, 5.41) is 0. The van der Waals surface area contributed by atoms with E-state index in [4.69, 9.17) is 9.47 Å². The molecular weight excluding hydrogens is 206 g/mol. The van der Waals surface area contributed by atoms with Gasteiger partial charge in [-0.3, -0.25) is 4.79 Å². The molecule has 0 spiro atoms. The summed E-state index contributed by atoms with van der Waals surface area (Å²) in [6.45, 7) is 0.333. The van der Waals surface area contributed by atoms with Crippen LogP contribution in [0.3, 0.4) is 0 Å². The molecule has 16 heavy (non-hydrogen) atoms. The quantitative estimate of drug-likeness (QED) is 0.663. The van der Waals surface area contributed by atoms with Crippen molar-refractivity contribution in [1.82, 2.24) is 0 Å². The fourth-order valence-corrected chi connectivity index (χ4v) is 1.93. The van der Waals surface area contributed by atoms with Crippen LogP contribution >= 0.6 is 0 Å². The van der Waals surface area contributed by atoms with E-state index in [0.29, 0.717) is 18.9 Å². The minimum Gasteiger partial charge on any atom is -0.471 e. The molecule has 1 aromatic rings. The summed E-state index contributed by atoms with van der Waals surface area (Å²) >= 11 is 0. The Morgan fingerprint density at radius 3 is 2.88 bits per heavy atom. The Bertz CT molecular complexity index is 441. The van der Waals surface area contributed by atoms with Crippen LogP contribution in [0.4, 0.5) is 0 Å². The monoisotopic (exact) mass is 217 g/mol. The van der Waals surface area contributed by atoms with Crippen LogP contribution in [0, 0.1) is 0 Å². The van der Waals surface area contributed by atoms with Gasteiger partial charge in [0.1, 0.15) is 18.8 Å². The number of nitrogens with zero attached hydrogens (tertiary/aromatic N) is 1. The fraction of sp³-hybridized carbons (Fsp3) is 0.333. The van der Waals surface area contributed by atoms with Crippen molar-refractivity contribution in [1.29, 1.82) is 0 Å². The van der Waals surface area contributed by atoms with E-state index < -0.39 is 0 Å². The lowest BCUT2D eigenvalue weighted by Crippen LogP contribution is -2.36. The Labute approximate surface area is 92.9 Å². The highest BCUT2D eigenvalue weighted by molar-refractivity contribution is 5.95. The molecule has 0 bridgehead atoms. The van der Waals surface area contributed by atoms with Crippen molar-refractivity contribution >= 4 is 11.9 Å². The Kier molecular flexibility index (Phi) is 2.13. The number of carbonyl (C=O) groups is 1. The third-order valence-corrected chi connectivity index (χ3v) is 2.78. The number of cyclic esters (lactones) is 1. The van der Waals surface area contributed by atoms with E-state index in [0.717, 1.165) is 5.56 Å². The van der Waals surface area contributed by atoms with Crippen molar-refractivity contribution in [3.63, 3.8) is 0 Å². The second kappa shape index (κ2) is 3.63. The van der Waals surface area contributed by atoms with Gasteiger partial charge >= 0.3 is 5.97 Å². The summed E-state index contributed by atoms with van der Waals surface area (Å²) in [4.78, 5) is 15.5. The minimum absolute atomic E-state index is 0.0343. The van der Waals surface area contributed by atoms with Crippen LogP contribution < -0.4 is 0 Å². The molecular formula is C12H11NO3. The number of aliphatic imine (C=N–C) groups is 1. The molecule has 2 aliphatic rings. The van der Waals surface area contributed by atoms with Crippen LogP contribution in [-0.4, -0.2) is 30.6 Å². The van der Waals surface area contributed by atoms with Crippen molar-refractivity contribution < 1.29 is 14.3 Å². The molecule has 0 aliphatic carbocycles. The van der Waals surface area contributed by atoms with Crippen molar-refractivity contribution in [2.24, 2.45) is 4.99 Å². The molecule has 4 heteroatoms. The first-order valence-electron chi connectivity index (χ1n) is 5.28. The molecule has 2 unspecified atom stereocenters. The number of hydrogen-bond donors (Lipinski definition) is 0. The van der Waals surface area contributed by atoms with Crippen LogP contribution in [-0.2, 0) is 14.3 Å². The van der Waals surface area contributed by atoms with Crippen molar-refractivity contribution in [2.45, 2.75) is 18.6 Å². The summed E-state index contributed by atoms with van der Waals surface area (Å²) in [6, 6.07) is 9.67. The number of fused-ring (bicyclic) bond motifs is 1. The summed E-state index contributed by atoms with van der Waals surface area (Å²) in [7, 11) is 0. The lowest BCUT2D eigenvalue weighted by atomic mass is 10.1. The van der Waals surface area contributed by atoms with E-state index in [-0.39, 0.29) is 18.1 Å². The van der Waals surface area contributed by atoms with Gasteiger partial charge in [-0.2, -0.15) is 0 Å². The van der Waals surface area contributed by atoms with Gasteiger partial charge in [0.05, 0.1) is 6.42 Å². The zero-order valence-corrected chi connectivity index (χ0v) is 8.63. The van der Waals surface area contributed by atoms with E-state index in [2.05, 4.69) is 4.99 Å². The highest BCUT2D eigenvalue weighted by Gasteiger charge is 2.37. The van der Waals surface area contributed by atoms with E-state index in [1.54, 1.807) is 0 Å². The van der Waals surface area contributed by atoms with E-state index in [1.165, 1.54) is 0 Å². The van der Waals surface area contributed by atoms with Gasteiger partial charge in [-0.25, -0.2) is 4.99 Å². The van der Waals surface area contributed by atoms with Crippen LogP contribution in [0.25, 0.3) is 0 Å². The molecule has 0 aromatic heterocycles. The molecule has 0 radical (unpaired) electrons. The summed E-state index contributed by atoms with van der Waals surface area (Å²) < 4.78 is 10.6. The molecule has 4 nitrogen and oxygen atoms in total. The number of ether oxygens (including phenoxy) is 2. The Balaban J connectivity index is 1.83. The van der Waals surface area contributed by atoms with Crippen molar-refractivity contribution in [2.75, 3.05) is 6.61 Å². The number of hydrogen-bond acceptors (Lipinski definition) is 4. The maximum Gasteiger partial charge on any atom is 0.309 e. The minimum atomic E-state index is -0.203. The normalized spacial score (nSPS) is 27.8. The molecule has 0 N–H and O–H groups in total. The van der Waals surface area contributed by atoms with Gasteiger partial charge in [-0.15, -0.1) is 0 Å². The highest BCUT2D eigenvalue weighted by atomic mass is 16.6. The molecule has 1 aromatic carbocycles. The average Bonchev–Trinajstić information content (AvgIpc) is 2.73. The van der Waals surface area contributed by atoms with Gasteiger partial charge in [-0.1, -0.05) is 18.2 Å². The zero-order chi connectivity index (χ0) is 11.0. The summed E-state index contributed by atoms with van der Waals surface area (Å²) in [5.41, 5.74) is 0.948. The number of carbonyl (C=O) groups excluding carboxylic acids is 1. The molecule has 82 valence electrons. The van der Waals surface area contributed by atoms with Gasteiger partial charge in [0, 0.05) is 5.56 Å². The van der Waals surface area contributed by atoms with Crippen molar-refractivity contribution in [3.05, 3.63) is 35.9 Å². The molecule has 0 saturated carbocycles. The molecule has 1 fully saturated rings. The largest absolute Gasteiger partial charge is 0.471 e. The van der Waals surface area contributed by atoms with Crippen molar-refractivity contribution in [3.8, 4) is 0 Å². The third-order valence-electron chi connectivity index (χ3n) is 2.78. The molecule has 2 atom stereocenters.